The number of carbonyl (C=O) groups excluding carboxylic acids is 2. The van der Waals surface area contributed by atoms with E-state index in [9.17, 15) is 22.4 Å². The van der Waals surface area contributed by atoms with E-state index < -0.39 is 21.8 Å². The third-order valence-electron chi connectivity index (χ3n) is 6.41. The molecule has 1 fully saturated rings. The minimum Gasteiger partial charge on any atom is -0.326 e. The molecule has 10 heteroatoms. The maximum atomic E-state index is 13.9. The molecule has 1 atom stereocenters. The molecule has 0 unspecified atom stereocenters. The fourth-order valence-electron chi connectivity index (χ4n) is 4.53. The highest BCUT2D eigenvalue weighted by Crippen LogP contribution is 2.40. The van der Waals surface area contributed by atoms with Gasteiger partial charge in [0.15, 0.2) is 0 Å². The van der Waals surface area contributed by atoms with E-state index in [4.69, 9.17) is 0 Å². The van der Waals surface area contributed by atoms with Crippen molar-refractivity contribution in [3.63, 3.8) is 0 Å². The van der Waals surface area contributed by atoms with Crippen LogP contribution in [0.15, 0.2) is 39.7 Å². The van der Waals surface area contributed by atoms with Crippen LogP contribution in [-0.2, 0) is 26.0 Å². The van der Waals surface area contributed by atoms with Crippen LogP contribution in [0, 0.1) is 18.7 Å². The van der Waals surface area contributed by atoms with Crippen molar-refractivity contribution < 1.29 is 22.4 Å². The standard InChI is InChI=1S/C24H27BrFN3O4S/c1-3-22(30)29-10-8-16-11-18(25)12-21(23(16)29)34(32,33)28-9-4-5-17(14-28)24(31)27-19-7-6-15(2)20(26)13-19/h6-7,11-13,17H,3-5,8-10,14H2,1-2H3,(H,27,31)/t17-/m0/s1. The van der Waals surface area contributed by atoms with Crippen molar-refractivity contribution in [1.29, 1.82) is 0 Å². The minimum atomic E-state index is -3.97. The molecule has 2 aromatic carbocycles. The Kier molecular flexibility index (Phi) is 7.12. The number of fused-ring (bicyclic) bond motifs is 1. The Bertz CT molecular complexity index is 1250. The van der Waals surface area contributed by atoms with E-state index in [2.05, 4.69) is 21.2 Å². The number of nitrogens with one attached hydrogen (secondary N) is 1. The molecule has 2 aliphatic heterocycles. The maximum absolute atomic E-state index is 13.9. The Labute approximate surface area is 207 Å². The number of piperidine rings is 1. The average molecular weight is 552 g/mol. The SMILES string of the molecule is CCC(=O)N1CCc2cc(Br)cc(S(=O)(=O)N3CCC[C@H](C(=O)Nc4ccc(C)c(F)c4)C3)c21. The van der Waals surface area contributed by atoms with Gasteiger partial charge in [-0.3, -0.25) is 9.59 Å². The molecule has 1 saturated heterocycles. The lowest BCUT2D eigenvalue weighted by atomic mass is 9.98. The predicted octanol–water partition coefficient (Wildman–Crippen LogP) is 4.24. The molecule has 2 aliphatic rings. The molecule has 34 heavy (non-hydrogen) atoms. The van der Waals surface area contributed by atoms with Crippen molar-refractivity contribution in [1.82, 2.24) is 4.31 Å². The predicted molar refractivity (Wildman–Crippen MR) is 132 cm³/mol. The molecule has 0 spiro atoms. The monoisotopic (exact) mass is 551 g/mol. The van der Waals surface area contributed by atoms with Crippen LogP contribution in [0.4, 0.5) is 15.8 Å². The van der Waals surface area contributed by atoms with E-state index in [1.165, 1.54) is 16.4 Å². The van der Waals surface area contributed by atoms with Gasteiger partial charge >= 0.3 is 0 Å². The van der Waals surface area contributed by atoms with E-state index in [-0.39, 0.29) is 36.2 Å². The summed E-state index contributed by atoms with van der Waals surface area (Å²) in [6, 6.07) is 7.85. The van der Waals surface area contributed by atoms with Crippen LogP contribution < -0.4 is 10.2 Å². The fraction of sp³-hybridized carbons (Fsp3) is 0.417. The Morgan fingerprint density at radius 3 is 2.68 bits per heavy atom. The summed E-state index contributed by atoms with van der Waals surface area (Å²) in [5, 5.41) is 2.71. The van der Waals surface area contributed by atoms with Gasteiger partial charge in [-0.25, -0.2) is 12.8 Å². The first-order chi connectivity index (χ1) is 16.1. The molecule has 1 N–H and O–H groups in total. The summed E-state index contributed by atoms with van der Waals surface area (Å²) < 4.78 is 43.3. The highest BCUT2D eigenvalue weighted by Gasteiger charge is 2.38. The third kappa shape index (κ3) is 4.76. The maximum Gasteiger partial charge on any atom is 0.245 e. The smallest absolute Gasteiger partial charge is 0.245 e. The van der Waals surface area contributed by atoms with Gasteiger partial charge in [-0.1, -0.05) is 28.9 Å². The van der Waals surface area contributed by atoms with Crippen molar-refractivity contribution in [2.45, 2.75) is 44.4 Å². The Morgan fingerprint density at radius 2 is 1.97 bits per heavy atom. The normalized spacial score (nSPS) is 18.6. The second-order valence-electron chi connectivity index (χ2n) is 8.72. The quantitative estimate of drug-likeness (QED) is 0.602. The van der Waals surface area contributed by atoms with Gasteiger partial charge in [-0.15, -0.1) is 0 Å². The number of nitrogens with zero attached hydrogens (tertiary/aromatic N) is 2. The molecule has 0 bridgehead atoms. The van der Waals surface area contributed by atoms with E-state index in [1.54, 1.807) is 30.9 Å². The number of benzene rings is 2. The molecular formula is C24H27BrFN3O4S. The van der Waals surface area contributed by atoms with Crippen LogP contribution in [0.5, 0.6) is 0 Å². The van der Waals surface area contributed by atoms with Crippen molar-refractivity contribution in [3.05, 3.63) is 51.7 Å². The van der Waals surface area contributed by atoms with Crippen LogP contribution >= 0.6 is 15.9 Å². The van der Waals surface area contributed by atoms with Crippen molar-refractivity contribution >= 4 is 49.1 Å². The molecular weight excluding hydrogens is 525 g/mol. The van der Waals surface area contributed by atoms with Crippen molar-refractivity contribution in [3.8, 4) is 0 Å². The third-order valence-corrected chi connectivity index (χ3v) is 8.75. The topological polar surface area (TPSA) is 86.8 Å². The first kappa shape index (κ1) is 24.8. The second kappa shape index (κ2) is 9.75. The molecule has 0 aromatic heterocycles. The second-order valence-corrected chi connectivity index (χ2v) is 11.5. The molecule has 7 nitrogen and oxygen atoms in total. The Morgan fingerprint density at radius 1 is 1.21 bits per heavy atom. The average Bonchev–Trinajstić information content (AvgIpc) is 3.24. The highest BCUT2D eigenvalue weighted by molar-refractivity contribution is 9.10. The lowest BCUT2D eigenvalue weighted by molar-refractivity contribution is -0.121. The van der Waals surface area contributed by atoms with Crippen molar-refractivity contribution in [2.24, 2.45) is 5.92 Å². The molecule has 2 aromatic rings. The molecule has 0 saturated carbocycles. The van der Waals surface area contributed by atoms with Crippen LogP contribution in [0.2, 0.25) is 0 Å². The van der Waals surface area contributed by atoms with E-state index in [0.29, 0.717) is 47.2 Å². The first-order valence-electron chi connectivity index (χ1n) is 11.3. The van der Waals surface area contributed by atoms with E-state index in [1.807, 2.05) is 6.07 Å². The lowest BCUT2D eigenvalue weighted by Crippen LogP contribution is -2.44. The zero-order chi connectivity index (χ0) is 24.6. The van der Waals surface area contributed by atoms with Gasteiger partial charge in [0.25, 0.3) is 0 Å². The van der Waals surface area contributed by atoms with Gasteiger partial charge in [-0.2, -0.15) is 4.31 Å². The molecule has 0 aliphatic carbocycles. The van der Waals surface area contributed by atoms with Gasteiger partial charge in [0.1, 0.15) is 10.7 Å². The summed E-state index contributed by atoms with van der Waals surface area (Å²) in [6.45, 7) is 4.14. The summed E-state index contributed by atoms with van der Waals surface area (Å²) in [5.41, 5.74) is 2.07. The molecule has 2 heterocycles. The Balaban J connectivity index is 1.59. The number of amides is 2. The number of halogens is 2. The van der Waals surface area contributed by atoms with Crippen LogP contribution in [0.1, 0.15) is 37.3 Å². The first-order valence-corrected chi connectivity index (χ1v) is 13.5. The van der Waals surface area contributed by atoms with Gasteiger partial charge in [0, 0.05) is 36.2 Å². The summed E-state index contributed by atoms with van der Waals surface area (Å²) >= 11 is 3.41. The van der Waals surface area contributed by atoms with Crippen LogP contribution in [-0.4, -0.2) is 44.2 Å². The minimum absolute atomic E-state index is 0.0194. The number of carbonyl (C=O) groups is 2. The number of rotatable bonds is 5. The van der Waals surface area contributed by atoms with Gasteiger partial charge in [0.05, 0.1) is 11.6 Å². The zero-order valence-corrected chi connectivity index (χ0v) is 21.5. The summed E-state index contributed by atoms with van der Waals surface area (Å²) in [4.78, 5) is 27.0. The van der Waals surface area contributed by atoms with Crippen LogP contribution in [0.3, 0.4) is 0 Å². The number of anilines is 2. The zero-order valence-electron chi connectivity index (χ0n) is 19.1. The molecule has 182 valence electrons. The Hall–Kier alpha value is -2.30. The molecule has 4 rings (SSSR count). The number of sulfonamides is 1. The lowest BCUT2D eigenvalue weighted by Gasteiger charge is -2.32. The van der Waals surface area contributed by atoms with Gasteiger partial charge in [0.2, 0.25) is 21.8 Å². The van der Waals surface area contributed by atoms with Gasteiger partial charge in [-0.05, 0) is 61.6 Å². The van der Waals surface area contributed by atoms with Gasteiger partial charge < -0.3 is 10.2 Å². The summed E-state index contributed by atoms with van der Waals surface area (Å²) in [7, 11) is -3.97. The number of hydrogen-bond donors (Lipinski definition) is 1. The van der Waals surface area contributed by atoms with Crippen LogP contribution in [0.25, 0.3) is 0 Å². The van der Waals surface area contributed by atoms with Crippen molar-refractivity contribution in [2.75, 3.05) is 29.9 Å². The highest BCUT2D eigenvalue weighted by atomic mass is 79.9. The summed E-state index contributed by atoms with van der Waals surface area (Å²) in [5.74, 6) is -1.45. The number of aryl methyl sites for hydroxylation is 1. The molecule has 0 radical (unpaired) electrons. The largest absolute Gasteiger partial charge is 0.326 e. The summed E-state index contributed by atoms with van der Waals surface area (Å²) in [6.07, 6.45) is 1.92. The van der Waals surface area contributed by atoms with E-state index in [0.717, 1.165) is 5.56 Å². The fourth-order valence-corrected chi connectivity index (χ4v) is 6.98. The number of hydrogen-bond acceptors (Lipinski definition) is 4. The van der Waals surface area contributed by atoms with E-state index >= 15 is 0 Å². The molecule has 2 amide bonds.